The predicted octanol–water partition coefficient (Wildman–Crippen LogP) is 2.31. The number of anilines is 1. The van der Waals surface area contributed by atoms with Crippen molar-refractivity contribution in [3.63, 3.8) is 0 Å². The number of nitrogens with two attached hydrogens (primary N) is 1. The second kappa shape index (κ2) is 4.90. The van der Waals surface area contributed by atoms with E-state index in [-0.39, 0.29) is 0 Å². The lowest BCUT2D eigenvalue weighted by Crippen LogP contribution is -2.33. The van der Waals surface area contributed by atoms with Gasteiger partial charge in [-0.15, -0.1) is 5.10 Å². The maximum atomic E-state index is 5.93. The number of hydrogen-bond acceptors (Lipinski definition) is 4. The Balaban J connectivity index is 1.82. The molecule has 4 nitrogen and oxygen atoms in total. The average Bonchev–Trinajstić information content (AvgIpc) is 2.42. The van der Waals surface area contributed by atoms with E-state index in [0.29, 0.717) is 12.1 Å². The lowest BCUT2D eigenvalue weighted by atomic mass is 9.92. The first-order valence-corrected chi connectivity index (χ1v) is 6.55. The fourth-order valence-corrected chi connectivity index (χ4v) is 2.59. The monoisotopic (exact) mass is 242 g/mol. The summed E-state index contributed by atoms with van der Waals surface area (Å²) in [5.41, 5.74) is 5.93. The normalized spacial score (nSPS) is 24.1. The van der Waals surface area contributed by atoms with E-state index in [1.54, 1.807) is 6.20 Å². The fourth-order valence-electron chi connectivity index (χ4n) is 2.59. The molecule has 3 rings (SSSR count). The van der Waals surface area contributed by atoms with E-state index in [1.807, 2.05) is 12.1 Å². The molecule has 1 aromatic heterocycles. The summed E-state index contributed by atoms with van der Waals surface area (Å²) in [6.45, 7) is 0. The number of nitrogens with zero attached hydrogens (tertiary/aromatic N) is 2. The van der Waals surface area contributed by atoms with Crippen LogP contribution in [0, 0.1) is 0 Å². The van der Waals surface area contributed by atoms with Crippen LogP contribution in [0.5, 0.6) is 0 Å². The molecule has 0 atom stereocenters. The number of rotatable bonds is 2. The summed E-state index contributed by atoms with van der Waals surface area (Å²) in [5, 5.41) is 14.1. The Morgan fingerprint density at radius 3 is 2.72 bits per heavy atom. The Morgan fingerprint density at radius 2 is 1.89 bits per heavy atom. The minimum Gasteiger partial charge on any atom is -0.365 e. The summed E-state index contributed by atoms with van der Waals surface area (Å²) in [6.07, 6.45) is 6.22. The summed E-state index contributed by atoms with van der Waals surface area (Å²) in [7, 11) is 0. The third-order valence-electron chi connectivity index (χ3n) is 3.68. The maximum Gasteiger partial charge on any atom is 0.156 e. The van der Waals surface area contributed by atoms with Crippen molar-refractivity contribution in [2.45, 2.75) is 37.8 Å². The molecular weight excluding hydrogens is 224 g/mol. The molecule has 2 aromatic rings. The second-order valence-corrected chi connectivity index (χ2v) is 5.04. The van der Waals surface area contributed by atoms with Crippen LogP contribution in [0.15, 0.2) is 30.5 Å². The molecule has 4 heteroatoms. The van der Waals surface area contributed by atoms with Crippen molar-refractivity contribution in [1.29, 1.82) is 0 Å². The zero-order valence-corrected chi connectivity index (χ0v) is 10.3. The van der Waals surface area contributed by atoms with Gasteiger partial charge in [0.2, 0.25) is 0 Å². The number of aromatic nitrogens is 2. The third kappa shape index (κ3) is 2.29. The molecule has 94 valence electrons. The van der Waals surface area contributed by atoms with Gasteiger partial charge >= 0.3 is 0 Å². The minimum atomic E-state index is 0.377. The smallest absolute Gasteiger partial charge is 0.156 e. The van der Waals surface area contributed by atoms with Crippen LogP contribution < -0.4 is 11.1 Å². The van der Waals surface area contributed by atoms with Crippen LogP contribution in [0.4, 0.5) is 5.82 Å². The summed E-state index contributed by atoms with van der Waals surface area (Å²) in [5.74, 6) is 0.897. The number of nitrogens with one attached hydrogen (secondary N) is 1. The van der Waals surface area contributed by atoms with Crippen molar-refractivity contribution in [2.24, 2.45) is 5.73 Å². The summed E-state index contributed by atoms with van der Waals surface area (Å²) in [6, 6.07) is 9.05. The second-order valence-electron chi connectivity index (χ2n) is 5.04. The average molecular weight is 242 g/mol. The van der Waals surface area contributed by atoms with E-state index in [1.165, 1.54) is 0 Å². The highest BCUT2D eigenvalue weighted by atomic mass is 15.2. The maximum absolute atomic E-state index is 5.93. The van der Waals surface area contributed by atoms with Gasteiger partial charge in [-0.1, -0.05) is 24.3 Å². The summed E-state index contributed by atoms with van der Waals surface area (Å²) in [4.78, 5) is 0. The largest absolute Gasteiger partial charge is 0.365 e. The Labute approximate surface area is 107 Å². The molecule has 3 N–H and O–H groups in total. The molecule has 0 amide bonds. The van der Waals surface area contributed by atoms with Gasteiger partial charge in [-0.05, 0) is 25.7 Å². The molecule has 0 saturated heterocycles. The Hall–Kier alpha value is -1.68. The van der Waals surface area contributed by atoms with Gasteiger partial charge in [-0.25, -0.2) is 0 Å². The Kier molecular flexibility index (Phi) is 3.11. The highest BCUT2D eigenvalue weighted by Crippen LogP contribution is 2.24. The predicted molar refractivity (Wildman–Crippen MR) is 73.4 cm³/mol. The standard InChI is InChI=1S/C14H18N4/c15-11-5-7-12(8-6-11)17-14-13-4-2-1-3-10(13)9-16-18-14/h1-4,9,11-12H,5-8,15H2,(H,17,18). The molecule has 1 saturated carbocycles. The molecule has 0 spiro atoms. The molecule has 0 radical (unpaired) electrons. The first-order valence-electron chi connectivity index (χ1n) is 6.55. The topological polar surface area (TPSA) is 63.8 Å². The van der Waals surface area contributed by atoms with Crippen molar-refractivity contribution < 1.29 is 0 Å². The van der Waals surface area contributed by atoms with Crippen molar-refractivity contribution in [3.8, 4) is 0 Å². The first-order chi connectivity index (χ1) is 8.83. The van der Waals surface area contributed by atoms with E-state index in [2.05, 4.69) is 27.6 Å². The van der Waals surface area contributed by atoms with E-state index < -0.39 is 0 Å². The van der Waals surface area contributed by atoms with E-state index in [0.717, 1.165) is 42.3 Å². The van der Waals surface area contributed by atoms with Crippen LogP contribution in [0.1, 0.15) is 25.7 Å². The number of fused-ring (bicyclic) bond motifs is 1. The molecule has 0 aliphatic heterocycles. The van der Waals surface area contributed by atoms with Crippen LogP contribution in [0.3, 0.4) is 0 Å². The van der Waals surface area contributed by atoms with E-state index in [9.17, 15) is 0 Å². The molecule has 18 heavy (non-hydrogen) atoms. The quantitative estimate of drug-likeness (QED) is 0.848. The van der Waals surface area contributed by atoms with Crippen molar-refractivity contribution in [2.75, 3.05) is 5.32 Å². The van der Waals surface area contributed by atoms with Crippen molar-refractivity contribution in [1.82, 2.24) is 10.2 Å². The lowest BCUT2D eigenvalue weighted by Gasteiger charge is -2.27. The first kappa shape index (κ1) is 11.4. The van der Waals surface area contributed by atoms with Crippen molar-refractivity contribution >= 4 is 16.6 Å². The minimum absolute atomic E-state index is 0.377. The zero-order valence-electron chi connectivity index (χ0n) is 10.3. The summed E-state index contributed by atoms with van der Waals surface area (Å²) >= 11 is 0. The van der Waals surface area contributed by atoms with Crippen molar-refractivity contribution in [3.05, 3.63) is 30.5 Å². The molecule has 1 heterocycles. The highest BCUT2D eigenvalue weighted by molar-refractivity contribution is 5.90. The lowest BCUT2D eigenvalue weighted by molar-refractivity contribution is 0.410. The molecule has 1 aromatic carbocycles. The Morgan fingerprint density at radius 1 is 1.11 bits per heavy atom. The van der Waals surface area contributed by atoms with Gasteiger partial charge in [0.05, 0.1) is 6.20 Å². The molecule has 1 aliphatic carbocycles. The van der Waals surface area contributed by atoms with Crippen LogP contribution >= 0.6 is 0 Å². The zero-order chi connectivity index (χ0) is 12.4. The van der Waals surface area contributed by atoms with Crippen LogP contribution in [0.2, 0.25) is 0 Å². The number of hydrogen-bond donors (Lipinski definition) is 2. The molecule has 1 fully saturated rings. The van der Waals surface area contributed by atoms with Gasteiger partial charge in [-0.3, -0.25) is 0 Å². The van der Waals surface area contributed by atoms with Gasteiger partial charge in [0.25, 0.3) is 0 Å². The van der Waals surface area contributed by atoms with Gasteiger partial charge in [0.15, 0.2) is 5.82 Å². The SMILES string of the molecule is NC1CCC(Nc2nncc3ccccc23)CC1. The van der Waals surface area contributed by atoms with E-state index >= 15 is 0 Å². The summed E-state index contributed by atoms with van der Waals surface area (Å²) < 4.78 is 0. The van der Waals surface area contributed by atoms with Gasteiger partial charge < -0.3 is 11.1 Å². The van der Waals surface area contributed by atoms with Gasteiger partial charge in [0.1, 0.15) is 0 Å². The third-order valence-corrected chi connectivity index (χ3v) is 3.68. The molecule has 0 bridgehead atoms. The van der Waals surface area contributed by atoms with E-state index in [4.69, 9.17) is 5.73 Å². The van der Waals surface area contributed by atoms with Crippen LogP contribution in [-0.2, 0) is 0 Å². The van der Waals surface area contributed by atoms with Crippen LogP contribution in [0.25, 0.3) is 10.8 Å². The highest BCUT2D eigenvalue weighted by Gasteiger charge is 2.19. The fraction of sp³-hybridized carbons (Fsp3) is 0.429. The van der Waals surface area contributed by atoms with Crippen LogP contribution in [-0.4, -0.2) is 22.3 Å². The van der Waals surface area contributed by atoms with Gasteiger partial charge in [0, 0.05) is 22.9 Å². The molecule has 0 unspecified atom stereocenters. The molecule has 1 aliphatic rings. The van der Waals surface area contributed by atoms with Gasteiger partial charge in [-0.2, -0.15) is 5.10 Å². The molecular formula is C14H18N4. The Bertz CT molecular complexity index is 527. The number of benzene rings is 1.